The quantitative estimate of drug-likeness (QED) is 0.838. The van der Waals surface area contributed by atoms with Crippen LogP contribution in [0.3, 0.4) is 0 Å². The Hall–Kier alpha value is -2.57. The highest BCUT2D eigenvalue weighted by atomic mass is 16.4. The predicted octanol–water partition coefficient (Wildman–Crippen LogP) is 0.763. The largest absolute Gasteiger partial charge is 0.480 e. The summed E-state index contributed by atoms with van der Waals surface area (Å²) in [5.41, 5.74) is 1.12. The molecule has 0 atom stereocenters. The van der Waals surface area contributed by atoms with Gasteiger partial charge in [-0.3, -0.25) is 14.5 Å². The molecule has 0 aromatic heterocycles. The third kappa shape index (κ3) is 3.31. The minimum absolute atomic E-state index is 0.157. The Morgan fingerprint density at radius 3 is 2.48 bits per heavy atom. The Bertz CT molecular complexity index is 556. The third-order valence-corrected chi connectivity index (χ3v) is 3.28. The first kappa shape index (κ1) is 14.8. The van der Waals surface area contributed by atoms with Crippen molar-refractivity contribution < 1.29 is 19.5 Å². The number of nitrogens with zero attached hydrogens (tertiary/aromatic N) is 2. The number of anilines is 1. The number of rotatable bonds is 5. The number of nitrogens with one attached hydrogen (secondary N) is 1. The maximum Gasteiger partial charge on any atom is 0.323 e. The fraction of sp³-hybridized carbons (Fsp3) is 0.357. The zero-order valence-electron chi connectivity index (χ0n) is 11.7. The van der Waals surface area contributed by atoms with Gasteiger partial charge in [0.05, 0.1) is 0 Å². The molecule has 1 heterocycles. The molecule has 7 heteroatoms. The van der Waals surface area contributed by atoms with Crippen LogP contribution in [0.2, 0.25) is 0 Å². The van der Waals surface area contributed by atoms with Crippen LogP contribution in [0.1, 0.15) is 17.3 Å². The lowest BCUT2D eigenvalue weighted by atomic mass is 10.1. The monoisotopic (exact) mass is 291 g/mol. The fourth-order valence-corrected chi connectivity index (χ4v) is 2.17. The predicted molar refractivity (Wildman–Crippen MR) is 76.4 cm³/mol. The molecule has 21 heavy (non-hydrogen) atoms. The van der Waals surface area contributed by atoms with Gasteiger partial charge in [0, 0.05) is 30.9 Å². The number of aliphatic carboxylic acids is 1. The molecule has 2 N–H and O–H groups in total. The lowest BCUT2D eigenvalue weighted by molar-refractivity contribution is -0.137. The highest BCUT2D eigenvalue weighted by molar-refractivity contribution is 5.97. The summed E-state index contributed by atoms with van der Waals surface area (Å²) in [5, 5.41) is 11.5. The summed E-state index contributed by atoms with van der Waals surface area (Å²) in [6, 6.07) is 6.43. The van der Waals surface area contributed by atoms with E-state index >= 15 is 0 Å². The SMILES string of the molecule is CCN(CC(=O)O)C(=O)c1ccc(N2CCNC2=O)cc1. The molecule has 1 saturated heterocycles. The number of likely N-dealkylation sites (N-methyl/N-ethyl adjacent to an activating group) is 1. The molecule has 0 spiro atoms. The topological polar surface area (TPSA) is 90.0 Å². The van der Waals surface area contributed by atoms with E-state index in [9.17, 15) is 14.4 Å². The van der Waals surface area contributed by atoms with Crippen LogP contribution in [-0.2, 0) is 4.79 Å². The number of urea groups is 1. The van der Waals surface area contributed by atoms with E-state index in [0.717, 1.165) is 0 Å². The summed E-state index contributed by atoms with van der Waals surface area (Å²) < 4.78 is 0. The molecule has 1 aliphatic heterocycles. The molecular formula is C14H17N3O4. The molecule has 7 nitrogen and oxygen atoms in total. The van der Waals surface area contributed by atoms with E-state index in [1.807, 2.05) is 0 Å². The third-order valence-electron chi connectivity index (χ3n) is 3.28. The maximum absolute atomic E-state index is 12.2. The van der Waals surface area contributed by atoms with Gasteiger partial charge >= 0.3 is 12.0 Å². The molecule has 1 aromatic carbocycles. The number of carboxylic acid groups (broad SMARTS) is 1. The number of carbonyl (C=O) groups is 3. The van der Waals surface area contributed by atoms with Crippen molar-refractivity contribution in [2.24, 2.45) is 0 Å². The molecule has 0 unspecified atom stereocenters. The zero-order valence-corrected chi connectivity index (χ0v) is 11.7. The van der Waals surface area contributed by atoms with E-state index < -0.39 is 5.97 Å². The first-order valence-electron chi connectivity index (χ1n) is 6.69. The Labute approximate surface area is 122 Å². The summed E-state index contributed by atoms with van der Waals surface area (Å²) in [7, 11) is 0. The first-order chi connectivity index (χ1) is 10.0. The summed E-state index contributed by atoms with van der Waals surface area (Å²) in [5.74, 6) is -1.38. The van der Waals surface area contributed by atoms with Gasteiger partial charge in [0.25, 0.3) is 5.91 Å². The molecular weight excluding hydrogens is 274 g/mol. The van der Waals surface area contributed by atoms with Crippen molar-refractivity contribution in [3.63, 3.8) is 0 Å². The second-order valence-electron chi connectivity index (χ2n) is 4.64. The van der Waals surface area contributed by atoms with Gasteiger partial charge < -0.3 is 15.3 Å². The van der Waals surface area contributed by atoms with Crippen LogP contribution >= 0.6 is 0 Å². The average Bonchev–Trinajstić information content (AvgIpc) is 2.90. The standard InChI is InChI=1S/C14H17N3O4/c1-2-16(9-12(18)19)13(20)10-3-5-11(6-4-10)17-8-7-15-14(17)21/h3-6H,2,7-9H2,1H3,(H,15,21)(H,18,19). The van der Waals surface area contributed by atoms with Gasteiger partial charge in [-0.15, -0.1) is 0 Å². The van der Waals surface area contributed by atoms with Crippen molar-refractivity contribution in [1.82, 2.24) is 10.2 Å². The molecule has 2 rings (SSSR count). The number of hydrogen-bond acceptors (Lipinski definition) is 3. The number of benzene rings is 1. The van der Waals surface area contributed by atoms with Crippen molar-refractivity contribution in [1.29, 1.82) is 0 Å². The summed E-state index contributed by atoms with van der Waals surface area (Å²) in [6.07, 6.45) is 0. The van der Waals surface area contributed by atoms with Gasteiger partial charge in [-0.05, 0) is 31.2 Å². The van der Waals surface area contributed by atoms with E-state index in [2.05, 4.69) is 5.32 Å². The van der Waals surface area contributed by atoms with E-state index in [1.54, 1.807) is 36.1 Å². The van der Waals surface area contributed by atoms with Gasteiger partial charge in [0.1, 0.15) is 6.54 Å². The van der Waals surface area contributed by atoms with Crippen molar-refractivity contribution in [3.8, 4) is 0 Å². The van der Waals surface area contributed by atoms with Gasteiger partial charge in [-0.25, -0.2) is 4.79 Å². The number of hydrogen-bond donors (Lipinski definition) is 2. The molecule has 1 aliphatic rings. The van der Waals surface area contributed by atoms with Crippen LogP contribution < -0.4 is 10.2 Å². The molecule has 0 bridgehead atoms. The van der Waals surface area contributed by atoms with E-state index in [0.29, 0.717) is 30.9 Å². The van der Waals surface area contributed by atoms with Crippen LogP contribution in [0.4, 0.5) is 10.5 Å². The van der Waals surface area contributed by atoms with Crippen LogP contribution in [0.25, 0.3) is 0 Å². The molecule has 0 radical (unpaired) electrons. The highest BCUT2D eigenvalue weighted by Crippen LogP contribution is 2.18. The summed E-state index contributed by atoms with van der Waals surface area (Å²) in [4.78, 5) is 37.3. The lowest BCUT2D eigenvalue weighted by Gasteiger charge is -2.19. The van der Waals surface area contributed by atoms with E-state index in [4.69, 9.17) is 5.11 Å². The second-order valence-corrected chi connectivity index (χ2v) is 4.64. The molecule has 3 amide bonds. The van der Waals surface area contributed by atoms with Gasteiger partial charge in [-0.1, -0.05) is 0 Å². The Morgan fingerprint density at radius 1 is 1.33 bits per heavy atom. The second kappa shape index (κ2) is 6.25. The van der Waals surface area contributed by atoms with Crippen molar-refractivity contribution >= 4 is 23.6 Å². The van der Waals surface area contributed by atoms with Gasteiger partial charge in [-0.2, -0.15) is 0 Å². The van der Waals surface area contributed by atoms with Crippen LogP contribution in [0.15, 0.2) is 24.3 Å². The van der Waals surface area contributed by atoms with Gasteiger partial charge in [0.2, 0.25) is 0 Å². The normalized spacial score (nSPS) is 14.0. The Balaban J connectivity index is 2.12. The van der Waals surface area contributed by atoms with E-state index in [-0.39, 0.29) is 18.5 Å². The molecule has 1 fully saturated rings. The summed E-state index contributed by atoms with van der Waals surface area (Å²) >= 11 is 0. The molecule has 0 aliphatic carbocycles. The summed E-state index contributed by atoms with van der Waals surface area (Å²) in [6.45, 7) is 2.91. The van der Waals surface area contributed by atoms with E-state index in [1.165, 1.54) is 4.90 Å². The number of amides is 3. The van der Waals surface area contributed by atoms with Crippen molar-refractivity contribution in [2.45, 2.75) is 6.92 Å². The van der Waals surface area contributed by atoms with Crippen molar-refractivity contribution in [3.05, 3.63) is 29.8 Å². The van der Waals surface area contributed by atoms with Crippen molar-refractivity contribution in [2.75, 3.05) is 31.1 Å². The molecule has 1 aromatic rings. The highest BCUT2D eigenvalue weighted by Gasteiger charge is 2.22. The fourth-order valence-electron chi connectivity index (χ4n) is 2.17. The Kier molecular flexibility index (Phi) is 4.42. The maximum atomic E-state index is 12.2. The molecule has 0 saturated carbocycles. The average molecular weight is 291 g/mol. The Morgan fingerprint density at radius 2 is 2.00 bits per heavy atom. The van der Waals surface area contributed by atoms with Gasteiger partial charge in [0.15, 0.2) is 0 Å². The van der Waals surface area contributed by atoms with Crippen LogP contribution in [0.5, 0.6) is 0 Å². The lowest BCUT2D eigenvalue weighted by Crippen LogP contribution is -2.35. The minimum atomic E-state index is -1.05. The zero-order chi connectivity index (χ0) is 15.4. The van der Waals surface area contributed by atoms with Crippen LogP contribution in [0, 0.1) is 0 Å². The van der Waals surface area contributed by atoms with Crippen LogP contribution in [-0.4, -0.2) is 54.1 Å². The number of carbonyl (C=O) groups excluding carboxylic acids is 2. The minimum Gasteiger partial charge on any atom is -0.480 e. The smallest absolute Gasteiger partial charge is 0.323 e. The number of carboxylic acids is 1. The molecule has 112 valence electrons. The first-order valence-corrected chi connectivity index (χ1v) is 6.69.